The molecule has 2 aromatic rings. The first kappa shape index (κ1) is 15.9. The number of halogens is 1. The second-order valence-electron chi connectivity index (χ2n) is 4.86. The van der Waals surface area contributed by atoms with E-state index in [1.54, 1.807) is 30.3 Å². The van der Waals surface area contributed by atoms with Gasteiger partial charge >= 0.3 is 0 Å². The summed E-state index contributed by atoms with van der Waals surface area (Å²) in [7, 11) is 0. The maximum absolute atomic E-state index is 13.5. The van der Waals surface area contributed by atoms with Gasteiger partial charge in [-0.2, -0.15) is 0 Å². The minimum Gasteiger partial charge on any atom is -0.364 e. The van der Waals surface area contributed by atoms with Crippen LogP contribution in [0, 0.1) is 5.82 Å². The van der Waals surface area contributed by atoms with Gasteiger partial charge in [-0.05, 0) is 24.6 Å². The number of nitrogens with one attached hydrogen (secondary N) is 2. The number of carbonyl (C=O) groups excluding carboxylic acids is 1. The first-order valence-electron chi connectivity index (χ1n) is 7.30. The lowest BCUT2D eigenvalue weighted by Crippen LogP contribution is -2.25. The number of anilines is 1. The second-order valence-corrected chi connectivity index (χ2v) is 4.86. The standard InChI is InChI=1S/C16H19FN4O/c1-2-3-10-18-16(22)14-8-9-15(21-20-14)19-11-12-6-4-5-7-13(12)17/h4-9H,2-3,10-11H2,1H3,(H,18,22)(H,19,21). The topological polar surface area (TPSA) is 66.9 Å². The van der Waals surface area contributed by atoms with Crippen LogP contribution in [0.15, 0.2) is 36.4 Å². The maximum atomic E-state index is 13.5. The van der Waals surface area contributed by atoms with E-state index < -0.39 is 0 Å². The van der Waals surface area contributed by atoms with E-state index in [2.05, 4.69) is 27.8 Å². The lowest BCUT2D eigenvalue weighted by atomic mass is 10.2. The highest BCUT2D eigenvalue weighted by Crippen LogP contribution is 2.09. The molecule has 116 valence electrons. The van der Waals surface area contributed by atoms with Gasteiger partial charge in [-0.3, -0.25) is 4.79 Å². The summed E-state index contributed by atoms with van der Waals surface area (Å²) < 4.78 is 13.5. The molecule has 0 aliphatic heterocycles. The minimum atomic E-state index is -0.269. The zero-order valence-corrected chi connectivity index (χ0v) is 12.5. The number of rotatable bonds is 7. The van der Waals surface area contributed by atoms with E-state index in [0.29, 0.717) is 24.5 Å². The fourth-order valence-electron chi connectivity index (χ4n) is 1.84. The van der Waals surface area contributed by atoms with E-state index in [9.17, 15) is 9.18 Å². The van der Waals surface area contributed by atoms with Crippen LogP contribution < -0.4 is 10.6 Å². The Bertz CT molecular complexity index is 616. The lowest BCUT2D eigenvalue weighted by molar-refractivity contribution is 0.0947. The van der Waals surface area contributed by atoms with Crippen LogP contribution in [-0.2, 0) is 6.54 Å². The molecule has 0 radical (unpaired) electrons. The molecule has 2 rings (SSSR count). The summed E-state index contributed by atoms with van der Waals surface area (Å²) in [5, 5.41) is 13.6. The van der Waals surface area contributed by atoms with Crippen molar-refractivity contribution in [2.75, 3.05) is 11.9 Å². The first-order chi connectivity index (χ1) is 10.7. The molecule has 2 N–H and O–H groups in total. The van der Waals surface area contributed by atoms with Crippen molar-refractivity contribution in [1.29, 1.82) is 0 Å². The molecule has 0 spiro atoms. The third kappa shape index (κ3) is 4.51. The van der Waals surface area contributed by atoms with Crippen molar-refractivity contribution in [1.82, 2.24) is 15.5 Å². The zero-order chi connectivity index (χ0) is 15.8. The van der Waals surface area contributed by atoms with Crippen molar-refractivity contribution >= 4 is 11.7 Å². The van der Waals surface area contributed by atoms with Gasteiger partial charge in [0.1, 0.15) is 11.6 Å². The van der Waals surface area contributed by atoms with Gasteiger partial charge in [-0.15, -0.1) is 10.2 Å². The molecule has 1 aromatic heterocycles. The molecule has 0 aliphatic rings. The number of unbranched alkanes of at least 4 members (excludes halogenated alkanes) is 1. The monoisotopic (exact) mass is 302 g/mol. The van der Waals surface area contributed by atoms with Gasteiger partial charge in [-0.1, -0.05) is 31.5 Å². The van der Waals surface area contributed by atoms with Gasteiger partial charge in [0.25, 0.3) is 5.91 Å². The summed E-state index contributed by atoms with van der Waals surface area (Å²) in [6, 6.07) is 9.78. The van der Waals surface area contributed by atoms with Crippen LogP contribution in [-0.4, -0.2) is 22.6 Å². The van der Waals surface area contributed by atoms with E-state index in [4.69, 9.17) is 0 Å². The molecular formula is C16H19FN4O. The number of nitrogens with zero attached hydrogens (tertiary/aromatic N) is 2. The third-order valence-electron chi connectivity index (χ3n) is 3.13. The van der Waals surface area contributed by atoms with Crippen molar-refractivity contribution in [2.45, 2.75) is 26.3 Å². The highest BCUT2D eigenvalue weighted by atomic mass is 19.1. The average molecular weight is 302 g/mol. The van der Waals surface area contributed by atoms with Crippen LogP contribution in [0.3, 0.4) is 0 Å². The van der Waals surface area contributed by atoms with Crippen molar-refractivity contribution in [3.8, 4) is 0 Å². The molecule has 0 bridgehead atoms. The Kier molecular flexibility index (Phi) is 5.82. The van der Waals surface area contributed by atoms with Crippen molar-refractivity contribution < 1.29 is 9.18 Å². The van der Waals surface area contributed by atoms with Crippen LogP contribution in [0.1, 0.15) is 35.8 Å². The van der Waals surface area contributed by atoms with Gasteiger partial charge in [-0.25, -0.2) is 4.39 Å². The molecular weight excluding hydrogens is 283 g/mol. The number of amides is 1. The number of hydrogen-bond acceptors (Lipinski definition) is 4. The fourth-order valence-corrected chi connectivity index (χ4v) is 1.84. The predicted molar refractivity (Wildman–Crippen MR) is 83.0 cm³/mol. The van der Waals surface area contributed by atoms with Gasteiger partial charge in [0.2, 0.25) is 0 Å². The van der Waals surface area contributed by atoms with Crippen LogP contribution in [0.5, 0.6) is 0 Å². The Morgan fingerprint density at radius 2 is 2.00 bits per heavy atom. The predicted octanol–water partition coefficient (Wildman–Crippen LogP) is 2.76. The molecule has 6 heteroatoms. The number of hydrogen-bond donors (Lipinski definition) is 2. The molecule has 0 fully saturated rings. The Morgan fingerprint density at radius 1 is 1.18 bits per heavy atom. The number of carbonyl (C=O) groups is 1. The van der Waals surface area contributed by atoms with Crippen LogP contribution in [0.2, 0.25) is 0 Å². The van der Waals surface area contributed by atoms with E-state index in [1.807, 2.05) is 0 Å². The third-order valence-corrected chi connectivity index (χ3v) is 3.13. The zero-order valence-electron chi connectivity index (χ0n) is 12.5. The summed E-state index contributed by atoms with van der Waals surface area (Å²) in [6.07, 6.45) is 1.95. The van der Waals surface area contributed by atoms with Gasteiger partial charge in [0.05, 0.1) is 0 Å². The van der Waals surface area contributed by atoms with E-state index >= 15 is 0 Å². The average Bonchev–Trinajstić information content (AvgIpc) is 2.55. The molecule has 0 saturated carbocycles. The van der Waals surface area contributed by atoms with Gasteiger partial charge < -0.3 is 10.6 Å². The highest BCUT2D eigenvalue weighted by Gasteiger charge is 2.07. The number of benzene rings is 1. The highest BCUT2D eigenvalue weighted by molar-refractivity contribution is 5.92. The second kappa shape index (κ2) is 8.07. The quantitative estimate of drug-likeness (QED) is 0.772. The molecule has 1 amide bonds. The van der Waals surface area contributed by atoms with E-state index in [0.717, 1.165) is 12.8 Å². The molecule has 0 saturated heterocycles. The molecule has 1 heterocycles. The van der Waals surface area contributed by atoms with Crippen molar-refractivity contribution in [3.05, 3.63) is 53.5 Å². The minimum absolute atomic E-state index is 0.235. The van der Waals surface area contributed by atoms with Gasteiger partial charge in [0.15, 0.2) is 5.69 Å². The summed E-state index contributed by atoms with van der Waals surface area (Å²) in [4.78, 5) is 11.8. The summed E-state index contributed by atoms with van der Waals surface area (Å²) >= 11 is 0. The maximum Gasteiger partial charge on any atom is 0.271 e. The normalized spacial score (nSPS) is 10.3. The molecule has 0 atom stereocenters. The molecule has 0 unspecified atom stereocenters. The summed E-state index contributed by atoms with van der Waals surface area (Å²) in [6.45, 7) is 3.00. The summed E-state index contributed by atoms with van der Waals surface area (Å²) in [5.74, 6) is -0.00940. The van der Waals surface area contributed by atoms with E-state index in [-0.39, 0.29) is 17.4 Å². The summed E-state index contributed by atoms with van der Waals surface area (Å²) in [5.41, 5.74) is 0.818. The molecule has 0 aliphatic carbocycles. The Hall–Kier alpha value is -2.50. The Labute approximate surface area is 129 Å². The fraction of sp³-hybridized carbons (Fsp3) is 0.312. The molecule has 1 aromatic carbocycles. The Balaban J connectivity index is 1.89. The SMILES string of the molecule is CCCCNC(=O)c1ccc(NCc2ccccc2F)nn1. The molecule has 22 heavy (non-hydrogen) atoms. The van der Waals surface area contributed by atoms with Gasteiger partial charge in [0, 0.05) is 18.7 Å². The molecule has 5 nitrogen and oxygen atoms in total. The smallest absolute Gasteiger partial charge is 0.271 e. The van der Waals surface area contributed by atoms with Crippen LogP contribution >= 0.6 is 0 Å². The van der Waals surface area contributed by atoms with Crippen molar-refractivity contribution in [2.24, 2.45) is 0 Å². The van der Waals surface area contributed by atoms with Crippen molar-refractivity contribution in [3.63, 3.8) is 0 Å². The van der Waals surface area contributed by atoms with E-state index in [1.165, 1.54) is 6.07 Å². The van der Waals surface area contributed by atoms with Crippen LogP contribution in [0.25, 0.3) is 0 Å². The number of aromatic nitrogens is 2. The largest absolute Gasteiger partial charge is 0.364 e. The lowest BCUT2D eigenvalue weighted by Gasteiger charge is -2.07. The van der Waals surface area contributed by atoms with Crippen LogP contribution in [0.4, 0.5) is 10.2 Å². The Morgan fingerprint density at radius 3 is 2.68 bits per heavy atom. The first-order valence-corrected chi connectivity index (χ1v) is 7.30.